The Kier molecular flexibility index (Phi) is 8.42. The Hall–Kier alpha value is -8.41. The monoisotopic (exact) mass is 791 g/mol. The molecule has 62 heavy (non-hydrogen) atoms. The van der Waals surface area contributed by atoms with Crippen LogP contribution in [-0.4, -0.2) is 24.1 Å². The molecular weight excluding hydrogens is 755 g/mol. The van der Waals surface area contributed by atoms with E-state index in [1.807, 2.05) is 24.3 Å². The van der Waals surface area contributed by atoms with E-state index in [9.17, 15) is 0 Å². The molecular formula is C57H37N5. The minimum Gasteiger partial charge on any atom is -0.308 e. The van der Waals surface area contributed by atoms with Crippen molar-refractivity contribution in [1.29, 1.82) is 0 Å². The first-order valence-corrected chi connectivity index (χ1v) is 21.0. The summed E-state index contributed by atoms with van der Waals surface area (Å²) in [5.74, 6) is 1.78. The van der Waals surface area contributed by atoms with Crippen molar-refractivity contribution in [3.63, 3.8) is 0 Å². The highest BCUT2D eigenvalue weighted by Crippen LogP contribution is 2.44. The van der Waals surface area contributed by atoms with Crippen molar-refractivity contribution in [1.82, 2.24) is 24.1 Å². The zero-order chi connectivity index (χ0) is 41.0. The predicted octanol–water partition coefficient (Wildman–Crippen LogP) is 14.4. The molecule has 12 aromatic rings. The molecule has 0 atom stereocenters. The topological polar surface area (TPSA) is 48.5 Å². The highest BCUT2D eigenvalue weighted by Gasteiger charge is 2.24. The van der Waals surface area contributed by atoms with Crippen LogP contribution in [0.1, 0.15) is 0 Å². The Balaban J connectivity index is 1.18. The molecule has 0 aliphatic heterocycles. The Morgan fingerprint density at radius 2 is 0.694 bits per heavy atom. The maximum absolute atomic E-state index is 5.35. The summed E-state index contributed by atoms with van der Waals surface area (Å²) < 4.78 is 4.70. The lowest BCUT2D eigenvalue weighted by Crippen LogP contribution is -2.06. The quantitative estimate of drug-likeness (QED) is 0.162. The van der Waals surface area contributed by atoms with E-state index in [1.165, 1.54) is 10.8 Å². The minimum absolute atomic E-state index is 0.557. The summed E-state index contributed by atoms with van der Waals surface area (Å²) in [6.07, 6.45) is 0. The van der Waals surface area contributed by atoms with Gasteiger partial charge in [-0.3, -0.25) is 4.57 Å². The number of rotatable bonds is 7. The molecule has 0 saturated heterocycles. The lowest BCUT2D eigenvalue weighted by atomic mass is 9.95. The molecule has 0 spiro atoms. The molecule has 5 heteroatoms. The maximum Gasteiger partial charge on any atom is 0.238 e. The molecule has 0 bridgehead atoms. The van der Waals surface area contributed by atoms with Crippen LogP contribution in [0.5, 0.6) is 0 Å². The molecule has 0 fully saturated rings. The van der Waals surface area contributed by atoms with Crippen LogP contribution in [0.2, 0.25) is 0 Å². The van der Waals surface area contributed by atoms with Gasteiger partial charge in [0.2, 0.25) is 5.95 Å². The summed E-state index contributed by atoms with van der Waals surface area (Å²) in [5.41, 5.74) is 14.1. The fraction of sp³-hybridized carbons (Fsp3) is 0. The average molecular weight is 792 g/mol. The van der Waals surface area contributed by atoms with E-state index >= 15 is 0 Å². The van der Waals surface area contributed by atoms with Gasteiger partial charge < -0.3 is 4.57 Å². The Morgan fingerprint density at radius 1 is 0.258 bits per heavy atom. The number of hydrogen-bond donors (Lipinski definition) is 0. The van der Waals surface area contributed by atoms with Crippen molar-refractivity contribution in [2.75, 3.05) is 0 Å². The van der Waals surface area contributed by atoms with Crippen LogP contribution >= 0.6 is 0 Å². The maximum atomic E-state index is 5.35. The molecule has 12 rings (SSSR count). The highest BCUT2D eigenvalue weighted by atomic mass is 15.2. The zero-order valence-corrected chi connectivity index (χ0v) is 33.6. The van der Waals surface area contributed by atoms with Gasteiger partial charge in [-0.25, -0.2) is 4.98 Å². The number of fused-ring (bicyclic) bond motifs is 6. The molecule has 0 aliphatic rings. The molecule has 5 nitrogen and oxygen atoms in total. The summed E-state index contributed by atoms with van der Waals surface area (Å²) >= 11 is 0. The van der Waals surface area contributed by atoms with E-state index in [2.05, 4.69) is 209 Å². The summed E-state index contributed by atoms with van der Waals surface area (Å²) in [7, 11) is 0. The largest absolute Gasteiger partial charge is 0.308 e. The fourth-order valence-corrected chi connectivity index (χ4v) is 9.15. The molecule has 290 valence electrons. The third-order valence-electron chi connectivity index (χ3n) is 12.0. The van der Waals surface area contributed by atoms with Crippen molar-refractivity contribution in [3.05, 3.63) is 224 Å². The summed E-state index contributed by atoms with van der Waals surface area (Å²) in [6.45, 7) is 0. The van der Waals surface area contributed by atoms with Crippen LogP contribution in [0.15, 0.2) is 224 Å². The first-order valence-electron chi connectivity index (χ1n) is 21.0. The predicted molar refractivity (Wildman–Crippen MR) is 256 cm³/mol. The summed E-state index contributed by atoms with van der Waals surface area (Å²) in [6, 6.07) is 79.3. The van der Waals surface area contributed by atoms with E-state index in [-0.39, 0.29) is 0 Å². The fourth-order valence-electron chi connectivity index (χ4n) is 9.15. The van der Waals surface area contributed by atoms with Gasteiger partial charge >= 0.3 is 0 Å². The van der Waals surface area contributed by atoms with E-state index < -0.39 is 0 Å². The number of nitrogens with zero attached hydrogens (tertiary/aromatic N) is 5. The second-order valence-corrected chi connectivity index (χ2v) is 15.6. The summed E-state index contributed by atoms with van der Waals surface area (Å²) in [4.78, 5) is 15.8. The Bertz CT molecular complexity index is 3550. The number of benzene rings is 9. The third kappa shape index (κ3) is 5.90. The minimum atomic E-state index is 0.557. The molecule has 0 amide bonds. The molecule has 9 aromatic carbocycles. The van der Waals surface area contributed by atoms with E-state index in [0.29, 0.717) is 17.6 Å². The third-order valence-corrected chi connectivity index (χ3v) is 12.0. The molecule has 0 aliphatic carbocycles. The van der Waals surface area contributed by atoms with Crippen LogP contribution < -0.4 is 0 Å². The van der Waals surface area contributed by atoms with Gasteiger partial charge in [0.05, 0.1) is 27.8 Å². The normalized spacial score (nSPS) is 11.5. The van der Waals surface area contributed by atoms with Gasteiger partial charge in [-0.15, -0.1) is 0 Å². The van der Waals surface area contributed by atoms with Crippen LogP contribution in [-0.2, 0) is 0 Å². The lowest BCUT2D eigenvalue weighted by molar-refractivity contribution is 0.953. The molecule has 3 heterocycles. The molecule has 0 N–H and O–H groups in total. The second kappa shape index (κ2) is 14.7. The number of aromatic nitrogens is 5. The average Bonchev–Trinajstić information content (AvgIpc) is 3.85. The van der Waals surface area contributed by atoms with Crippen molar-refractivity contribution >= 4 is 43.6 Å². The first-order chi connectivity index (χ1) is 30.8. The van der Waals surface area contributed by atoms with Crippen LogP contribution in [0.25, 0.3) is 111 Å². The van der Waals surface area contributed by atoms with Crippen LogP contribution in [0.4, 0.5) is 0 Å². The van der Waals surface area contributed by atoms with Crippen molar-refractivity contribution in [2.24, 2.45) is 0 Å². The first kappa shape index (κ1) is 35.5. The summed E-state index contributed by atoms with van der Waals surface area (Å²) in [5, 5.41) is 4.63. The van der Waals surface area contributed by atoms with Crippen LogP contribution in [0.3, 0.4) is 0 Å². The smallest absolute Gasteiger partial charge is 0.238 e. The van der Waals surface area contributed by atoms with Crippen molar-refractivity contribution in [3.8, 4) is 67.8 Å². The van der Waals surface area contributed by atoms with Crippen LogP contribution in [0, 0.1) is 0 Å². The highest BCUT2D eigenvalue weighted by molar-refractivity contribution is 6.19. The van der Waals surface area contributed by atoms with E-state index in [1.54, 1.807) is 0 Å². The molecule has 3 aromatic heterocycles. The Labute approximate surface area is 358 Å². The molecule has 0 saturated carbocycles. The SMILES string of the molecule is c1ccc(-c2cccc(-c3nc(-c4ccccc4)nc(-n4c5ccccc5c5cc6c7ccccc7n(-c7c(-c8ccccc8)cccc7-c7ccccc7)c6cc54)n3)c2)cc1. The number of para-hydroxylation sites is 3. The standard InChI is InChI=1S/C57H37N5/c1-5-19-38(20-6-1)42-27-17-28-43(35-42)56-58-55(41-25-11-4-12-26-41)59-57(60-56)62-51-34-16-14-30-47(51)49-36-48-46-29-13-15-33-50(46)61(52(48)37-53(49)62)54-44(39-21-7-2-8-22-39)31-18-32-45(54)40-23-9-3-10-24-40/h1-37H. The van der Waals surface area contributed by atoms with E-state index in [0.717, 1.165) is 83.0 Å². The lowest BCUT2D eigenvalue weighted by Gasteiger charge is -2.19. The van der Waals surface area contributed by atoms with Gasteiger partial charge in [0.25, 0.3) is 0 Å². The molecule has 0 radical (unpaired) electrons. The van der Waals surface area contributed by atoms with Gasteiger partial charge in [0.15, 0.2) is 11.6 Å². The van der Waals surface area contributed by atoms with Gasteiger partial charge in [0, 0.05) is 43.8 Å². The zero-order valence-electron chi connectivity index (χ0n) is 33.6. The van der Waals surface area contributed by atoms with Crippen molar-refractivity contribution in [2.45, 2.75) is 0 Å². The van der Waals surface area contributed by atoms with Gasteiger partial charge in [0.1, 0.15) is 0 Å². The molecule has 0 unspecified atom stereocenters. The van der Waals surface area contributed by atoms with Gasteiger partial charge in [-0.05, 0) is 52.6 Å². The van der Waals surface area contributed by atoms with Crippen molar-refractivity contribution < 1.29 is 0 Å². The van der Waals surface area contributed by atoms with Gasteiger partial charge in [-0.1, -0.05) is 194 Å². The Morgan fingerprint density at radius 3 is 1.29 bits per heavy atom. The van der Waals surface area contributed by atoms with Gasteiger partial charge in [-0.2, -0.15) is 9.97 Å². The number of hydrogen-bond acceptors (Lipinski definition) is 3. The second-order valence-electron chi connectivity index (χ2n) is 15.6. The van der Waals surface area contributed by atoms with E-state index in [4.69, 9.17) is 15.0 Å².